The molecule has 0 amide bonds. The molecule has 0 aliphatic heterocycles. The summed E-state index contributed by atoms with van der Waals surface area (Å²) in [5.74, 6) is 0.161. The molecule has 3 N–H and O–H groups in total. The molecule has 0 radical (unpaired) electrons. The average molecular weight is 215 g/mol. The smallest absolute Gasteiger partial charge is 0.139 e. The Morgan fingerprint density at radius 3 is 2.67 bits per heavy atom. The molecule has 15 heavy (non-hydrogen) atoms. The molecule has 0 saturated carbocycles. The zero-order valence-corrected chi connectivity index (χ0v) is 8.71. The minimum absolute atomic E-state index is 0.161. The molecule has 0 aliphatic carbocycles. The molecule has 0 atom stereocenters. The lowest BCUT2D eigenvalue weighted by Gasteiger charge is -1.98. The summed E-state index contributed by atoms with van der Waals surface area (Å²) >= 11 is 1.62. The number of aromatic hydroxyl groups is 1. The fraction of sp³-hybridized carbons (Fsp3) is 0. The van der Waals surface area contributed by atoms with Gasteiger partial charge in [-0.3, -0.25) is 0 Å². The van der Waals surface area contributed by atoms with E-state index in [1.165, 1.54) is 10.1 Å². The number of benzene rings is 2. The van der Waals surface area contributed by atoms with Crippen LogP contribution in [-0.2, 0) is 0 Å². The van der Waals surface area contributed by atoms with Crippen LogP contribution in [0.1, 0.15) is 0 Å². The third-order valence-corrected chi connectivity index (χ3v) is 3.78. The Hall–Kier alpha value is -1.74. The van der Waals surface area contributed by atoms with Gasteiger partial charge in [-0.15, -0.1) is 11.3 Å². The maximum absolute atomic E-state index is 9.52. The Bertz CT molecular complexity index is 657. The van der Waals surface area contributed by atoms with Crippen LogP contribution >= 0.6 is 11.3 Å². The Balaban J connectivity index is 2.60. The predicted octanol–water partition coefficient (Wildman–Crippen LogP) is 3.34. The number of nitrogens with two attached hydrogens (primary N) is 1. The summed E-state index contributed by atoms with van der Waals surface area (Å²) in [6.45, 7) is 0. The first kappa shape index (κ1) is 8.56. The highest BCUT2D eigenvalue weighted by atomic mass is 32.1. The molecule has 0 fully saturated rings. The number of fused-ring (bicyclic) bond motifs is 3. The molecule has 0 spiro atoms. The number of rotatable bonds is 0. The van der Waals surface area contributed by atoms with Gasteiger partial charge in [0.1, 0.15) is 5.75 Å². The summed E-state index contributed by atoms with van der Waals surface area (Å²) in [7, 11) is 0. The van der Waals surface area contributed by atoms with E-state index >= 15 is 0 Å². The standard InChI is InChI=1S/C12H9NOS/c13-11-9(14)6-5-8-7-3-1-2-4-10(7)15-12(8)11/h1-6,14H,13H2. The van der Waals surface area contributed by atoms with Crippen LogP contribution in [0, 0.1) is 0 Å². The topological polar surface area (TPSA) is 46.2 Å². The molecule has 2 nitrogen and oxygen atoms in total. The first-order valence-electron chi connectivity index (χ1n) is 4.66. The van der Waals surface area contributed by atoms with Crippen molar-refractivity contribution in [3.8, 4) is 5.75 Å². The van der Waals surface area contributed by atoms with Crippen LogP contribution < -0.4 is 5.73 Å². The molecule has 0 unspecified atom stereocenters. The summed E-state index contributed by atoms with van der Waals surface area (Å²) in [5, 5.41) is 11.8. The molecule has 0 saturated heterocycles. The number of thiophene rings is 1. The molecule has 3 rings (SSSR count). The summed E-state index contributed by atoms with van der Waals surface area (Å²) in [5.41, 5.74) is 6.32. The normalized spacial score (nSPS) is 11.2. The Morgan fingerprint density at radius 1 is 1.00 bits per heavy atom. The maximum Gasteiger partial charge on any atom is 0.139 e. The highest BCUT2D eigenvalue weighted by Crippen LogP contribution is 2.40. The minimum atomic E-state index is 0.161. The van der Waals surface area contributed by atoms with Gasteiger partial charge in [-0.25, -0.2) is 0 Å². The third-order valence-electron chi connectivity index (χ3n) is 2.56. The molecule has 2 aromatic carbocycles. The van der Waals surface area contributed by atoms with Crippen LogP contribution in [0.2, 0.25) is 0 Å². The van der Waals surface area contributed by atoms with E-state index in [1.54, 1.807) is 17.4 Å². The van der Waals surface area contributed by atoms with Gasteiger partial charge in [-0.1, -0.05) is 18.2 Å². The molecule has 3 aromatic rings. The zero-order chi connectivity index (χ0) is 10.4. The van der Waals surface area contributed by atoms with Crippen molar-refractivity contribution in [2.24, 2.45) is 0 Å². The summed E-state index contributed by atoms with van der Waals surface area (Å²) < 4.78 is 2.17. The monoisotopic (exact) mass is 215 g/mol. The van der Waals surface area contributed by atoms with Crippen LogP contribution in [0.15, 0.2) is 36.4 Å². The number of hydrogen-bond acceptors (Lipinski definition) is 3. The van der Waals surface area contributed by atoms with Crippen molar-refractivity contribution in [1.29, 1.82) is 0 Å². The number of hydrogen-bond donors (Lipinski definition) is 2. The van der Waals surface area contributed by atoms with Crippen molar-refractivity contribution in [1.82, 2.24) is 0 Å². The van der Waals surface area contributed by atoms with Crippen LogP contribution in [0.5, 0.6) is 5.75 Å². The second kappa shape index (κ2) is 2.87. The van der Waals surface area contributed by atoms with E-state index in [9.17, 15) is 5.11 Å². The first-order chi connectivity index (χ1) is 7.27. The fourth-order valence-electron chi connectivity index (χ4n) is 1.80. The lowest BCUT2D eigenvalue weighted by molar-refractivity contribution is 0.479. The molecule has 1 aromatic heterocycles. The van der Waals surface area contributed by atoms with E-state index in [-0.39, 0.29) is 5.75 Å². The van der Waals surface area contributed by atoms with Crippen LogP contribution in [0.3, 0.4) is 0 Å². The number of anilines is 1. The highest BCUT2D eigenvalue weighted by Gasteiger charge is 2.09. The average Bonchev–Trinajstić information content (AvgIpc) is 2.63. The lowest BCUT2D eigenvalue weighted by atomic mass is 10.1. The van der Waals surface area contributed by atoms with Crippen molar-refractivity contribution in [2.45, 2.75) is 0 Å². The number of phenolic OH excluding ortho intramolecular Hbond substituents is 1. The van der Waals surface area contributed by atoms with Gasteiger partial charge < -0.3 is 10.8 Å². The third kappa shape index (κ3) is 1.10. The predicted molar refractivity (Wildman–Crippen MR) is 65.4 cm³/mol. The van der Waals surface area contributed by atoms with Crippen LogP contribution in [0.4, 0.5) is 5.69 Å². The Kier molecular flexibility index (Phi) is 1.64. The molecule has 3 heteroatoms. The molecule has 1 heterocycles. The highest BCUT2D eigenvalue weighted by molar-refractivity contribution is 7.26. The summed E-state index contributed by atoms with van der Waals surface area (Å²) in [6, 6.07) is 11.7. The molecular weight excluding hydrogens is 206 g/mol. The molecule has 0 bridgehead atoms. The summed E-state index contributed by atoms with van der Waals surface area (Å²) in [6.07, 6.45) is 0. The van der Waals surface area contributed by atoms with E-state index in [4.69, 9.17) is 5.73 Å². The minimum Gasteiger partial charge on any atom is -0.506 e. The van der Waals surface area contributed by atoms with Crippen LogP contribution in [-0.4, -0.2) is 5.11 Å². The van der Waals surface area contributed by atoms with Crippen molar-refractivity contribution in [3.63, 3.8) is 0 Å². The largest absolute Gasteiger partial charge is 0.506 e. The SMILES string of the molecule is Nc1c(O)ccc2c1sc1ccccc12. The van der Waals surface area contributed by atoms with E-state index in [0.717, 1.165) is 10.1 Å². The van der Waals surface area contributed by atoms with Crippen molar-refractivity contribution >= 4 is 37.2 Å². The van der Waals surface area contributed by atoms with Crippen molar-refractivity contribution in [2.75, 3.05) is 5.73 Å². The van der Waals surface area contributed by atoms with E-state index in [0.29, 0.717) is 5.69 Å². The number of nitrogen functional groups attached to an aromatic ring is 1. The van der Waals surface area contributed by atoms with Crippen LogP contribution in [0.25, 0.3) is 20.2 Å². The molecular formula is C12H9NOS. The van der Waals surface area contributed by atoms with Gasteiger partial charge in [-0.05, 0) is 18.2 Å². The van der Waals surface area contributed by atoms with Gasteiger partial charge in [0.2, 0.25) is 0 Å². The Labute approximate surface area is 90.6 Å². The van der Waals surface area contributed by atoms with Gasteiger partial charge in [0.05, 0.1) is 10.4 Å². The van der Waals surface area contributed by atoms with E-state index in [2.05, 4.69) is 12.1 Å². The fourth-order valence-corrected chi connectivity index (χ4v) is 2.96. The van der Waals surface area contributed by atoms with Crippen molar-refractivity contribution in [3.05, 3.63) is 36.4 Å². The quantitative estimate of drug-likeness (QED) is 0.446. The Morgan fingerprint density at radius 2 is 1.80 bits per heavy atom. The number of phenols is 1. The zero-order valence-electron chi connectivity index (χ0n) is 7.90. The van der Waals surface area contributed by atoms with Gasteiger partial charge in [0.15, 0.2) is 0 Å². The van der Waals surface area contributed by atoms with Crippen molar-refractivity contribution < 1.29 is 5.11 Å². The maximum atomic E-state index is 9.52. The van der Waals surface area contributed by atoms with Gasteiger partial charge in [0, 0.05) is 15.5 Å². The van der Waals surface area contributed by atoms with Gasteiger partial charge in [0.25, 0.3) is 0 Å². The van der Waals surface area contributed by atoms with Gasteiger partial charge in [-0.2, -0.15) is 0 Å². The first-order valence-corrected chi connectivity index (χ1v) is 5.48. The van der Waals surface area contributed by atoms with E-state index < -0.39 is 0 Å². The molecule has 74 valence electrons. The van der Waals surface area contributed by atoms with Gasteiger partial charge >= 0.3 is 0 Å². The molecule has 0 aliphatic rings. The van der Waals surface area contributed by atoms with E-state index in [1.807, 2.05) is 18.2 Å². The second-order valence-corrected chi connectivity index (χ2v) is 4.53. The second-order valence-electron chi connectivity index (χ2n) is 3.47. The summed E-state index contributed by atoms with van der Waals surface area (Å²) in [4.78, 5) is 0. The lowest BCUT2D eigenvalue weighted by Crippen LogP contribution is -1.84.